The van der Waals surface area contributed by atoms with Gasteiger partial charge < -0.3 is 22.6 Å². The van der Waals surface area contributed by atoms with Crippen molar-refractivity contribution in [2.75, 3.05) is 19.8 Å². The summed E-state index contributed by atoms with van der Waals surface area (Å²) in [5.41, 5.74) is 1.51. The molecule has 1 aliphatic heterocycles. The van der Waals surface area contributed by atoms with Gasteiger partial charge in [-0.25, -0.2) is 0 Å². The number of thioether (sulfide) groups is 1. The van der Waals surface area contributed by atoms with Crippen molar-refractivity contribution in [2.24, 2.45) is 0 Å². The lowest BCUT2D eigenvalue weighted by Gasteiger charge is -2.28. The van der Waals surface area contributed by atoms with Crippen molar-refractivity contribution in [1.29, 1.82) is 5.39 Å². The molecule has 2 rings (SSSR count). The van der Waals surface area contributed by atoms with Crippen LogP contribution in [0.4, 0.5) is 0 Å². The molecule has 17 heavy (non-hydrogen) atoms. The number of allylic oxidation sites excluding steroid dienone is 1. The second-order valence-corrected chi connectivity index (χ2v) is 5.03. The van der Waals surface area contributed by atoms with Crippen LogP contribution >= 0.6 is 11.8 Å². The molecule has 1 aliphatic carbocycles. The third kappa shape index (κ3) is 2.73. The number of nitrogens with zero attached hydrogens (tertiary/aromatic N) is 3. The summed E-state index contributed by atoms with van der Waals surface area (Å²) in [6, 6.07) is -0.0270. The SMILES string of the molecule is CN(C)C1=C([N+]#N)CC2NC(=O)CSC2=C1.[Cl-]. The molecule has 0 aromatic rings. The number of likely N-dealkylation sites (N-methyl/N-ethyl adjacent to an activating group) is 1. The Kier molecular flexibility index (Phi) is 4.43. The number of halogens is 1. The Balaban J connectivity index is 0.00000144. The summed E-state index contributed by atoms with van der Waals surface area (Å²) < 4.78 is 0. The topological polar surface area (TPSA) is 60.5 Å². The molecule has 1 heterocycles. The van der Waals surface area contributed by atoms with E-state index in [0.29, 0.717) is 17.9 Å². The zero-order chi connectivity index (χ0) is 11.7. The molecule has 7 heteroatoms. The highest BCUT2D eigenvalue weighted by Crippen LogP contribution is 2.34. The van der Waals surface area contributed by atoms with Gasteiger partial charge in [0.05, 0.1) is 18.2 Å². The Morgan fingerprint density at radius 3 is 2.88 bits per heavy atom. The Labute approximate surface area is 110 Å². The average Bonchev–Trinajstić information content (AvgIpc) is 2.26. The summed E-state index contributed by atoms with van der Waals surface area (Å²) in [4.78, 5) is 17.6. The Morgan fingerprint density at radius 1 is 1.59 bits per heavy atom. The molecule has 1 saturated heterocycles. The number of amides is 1. The smallest absolute Gasteiger partial charge is 0.387 e. The van der Waals surface area contributed by atoms with E-state index in [1.807, 2.05) is 25.1 Å². The molecule has 0 aromatic carbocycles. The second kappa shape index (κ2) is 5.43. The highest BCUT2D eigenvalue weighted by molar-refractivity contribution is 8.03. The molecule has 0 saturated carbocycles. The molecule has 0 bridgehead atoms. The predicted molar refractivity (Wildman–Crippen MR) is 62.9 cm³/mol. The number of hydrogen-bond acceptors (Lipinski definition) is 4. The molecule has 1 amide bonds. The van der Waals surface area contributed by atoms with Crippen molar-refractivity contribution in [3.8, 4) is 0 Å². The molecule has 2 aliphatic rings. The predicted octanol–water partition coefficient (Wildman–Crippen LogP) is -1.86. The lowest BCUT2D eigenvalue weighted by molar-refractivity contribution is -0.119. The standard InChI is InChI=1S/C10H12N4OS.ClH/c1-14(2)8-4-9-7(3-6(8)13-11)12-10(15)5-16-9;/h4,7H,3,5H2,1-2H3;1H. The molecular formula is C10H13ClN4OS. The lowest BCUT2D eigenvalue weighted by Crippen LogP contribution is -3.00. The van der Waals surface area contributed by atoms with E-state index in [9.17, 15) is 4.79 Å². The number of carbonyl (C=O) groups excluding carboxylic acids is 1. The van der Waals surface area contributed by atoms with Crippen LogP contribution < -0.4 is 17.7 Å². The summed E-state index contributed by atoms with van der Waals surface area (Å²) >= 11 is 1.55. The minimum absolute atomic E-state index is 0. The first kappa shape index (κ1) is 13.9. The maximum atomic E-state index is 11.2. The number of hydrogen-bond donors (Lipinski definition) is 1. The molecule has 0 aromatic heterocycles. The van der Waals surface area contributed by atoms with E-state index in [1.165, 1.54) is 0 Å². The van der Waals surface area contributed by atoms with Crippen LogP contribution in [0.25, 0.3) is 4.98 Å². The fourth-order valence-corrected chi connectivity index (χ4v) is 2.77. The van der Waals surface area contributed by atoms with Gasteiger partial charge in [-0.05, 0) is 6.08 Å². The lowest BCUT2D eigenvalue weighted by atomic mass is 10.0. The average molecular weight is 273 g/mol. The summed E-state index contributed by atoms with van der Waals surface area (Å²) in [7, 11) is 3.81. The van der Waals surface area contributed by atoms with Crippen molar-refractivity contribution in [3.05, 3.63) is 27.4 Å². The zero-order valence-corrected chi connectivity index (χ0v) is 11.2. The Morgan fingerprint density at radius 2 is 2.29 bits per heavy atom. The Hall–Kier alpha value is -1.19. The van der Waals surface area contributed by atoms with E-state index in [-0.39, 0.29) is 24.4 Å². The largest absolute Gasteiger partial charge is 1.00 e. The van der Waals surface area contributed by atoms with Gasteiger partial charge in [-0.3, -0.25) is 4.79 Å². The summed E-state index contributed by atoms with van der Waals surface area (Å²) in [6.45, 7) is 0. The van der Waals surface area contributed by atoms with E-state index in [1.54, 1.807) is 11.8 Å². The fourth-order valence-electron chi connectivity index (χ4n) is 1.85. The van der Waals surface area contributed by atoms with Gasteiger partial charge in [0.2, 0.25) is 11.3 Å². The first-order valence-corrected chi connectivity index (χ1v) is 5.99. The van der Waals surface area contributed by atoms with Crippen LogP contribution in [0.15, 0.2) is 22.4 Å². The first-order chi connectivity index (χ1) is 7.61. The van der Waals surface area contributed by atoms with Gasteiger partial charge in [0.15, 0.2) is 4.98 Å². The molecule has 0 radical (unpaired) electrons. The highest BCUT2D eigenvalue weighted by Gasteiger charge is 2.35. The number of carbonyl (C=O) groups is 1. The summed E-state index contributed by atoms with van der Waals surface area (Å²) in [5, 5.41) is 11.8. The normalized spacial score (nSPS) is 22.8. The Bertz CT molecular complexity index is 438. The zero-order valence-electron chi connectivity index (χ0n) is 9.61. The summed E-state index contributed by atoms with van der Waals surface area (Å²) in [6.07, 6.45) is 2.53. The third-order valence-corrected chi connectivity index (χ3v) is 3.77. The van der Waals surface area contributed by atoms with Crippen molar-refractivity contribution in [1.82, 2.24) is 10.2 Å². The number of diazo groups is 1. The van der Waals surface area contributed by atoms with Gasteiger partial charge in [-0.1, -0.05) is 0 Å². The van der Waals surface area contributed by atoms with Crippen LogP contribution in [-0.4, -0.2) is 36.7 Å². The van der Waals surface area contributed by atoms with Gasteiger partial charge in [0, 0.05) is 19.0 Å². The quantitative estimate of drug-likeness (QED) is 0.569. The number of fused-ring (bicyclic) bond motifs is 1. The molecule has 1 N–H and O–H groups in total. The first-order valence-electron chi connectivity index (χ1n) is 5.01. The third-order valence-electron chi connectivity index (χ3n) is 2.62. The molecule has 92 valence electrons. The van der Waals surface area contributed by atoms with Crippen molar-refractivity contribution in [3.63, 3.8) is 0 Å². The van der Waals surface area contributed by atoms with Crippen LogP contribution in [0.2, 0.25) is 0 Å². The number of nitrogens with one attached hydrogen (secondary N) is 1. The van der Waals surface area contributed by atoms with Crippen LogP contribution in [0.1, 0.15) is 6.42 Å². The van der Waals surface area contributed by atoms with Crippen LogP contribution in [-0.2, 0) is 4.79 Å². The molecule has 1 atom stereocenters. The van der Waals surface area contributed by atoms with Gasteiger partial charge in [-0.2, -0.15) is 0 Å². The summed E-state index contributed by atoms with van der Waals surface area (Å²) in [5.74, 6) is 0.506. The molecule has 1 unspecified atom stereocenters. The minimum atomic E-state index is -0.0270. The molecular weight excluding hydrogens is 260 g/mol. The van der Waals surface area contributed by atoms with Crippen LogP contribution in [0, 0.1) is 5.39 Å². The van der Waals surface area contributed by atoms with Gasteiger partial charge in [-0.15, -0.1) is 11.8 Å². The van der Waals surface area contributed by atoms with E-state index >= 15 is 0 Å². The second-order valence-electron chi connectivity index (χ2n) is 3.99. The van der Waals surface area contributed by atoms with E-state index < -0.39 is 0 Å². The van der Waals surface area contributed by atoms with E-state index in [2.05, 4.69) is 10.3 Å². The maximum Gasteiger partial charge on any atom is 0.387 e. The molecule has 0 spiro atoms. The van der Waals surface area contributed by atoms with Gasteiger partial charge in [0.1, 0.15) is 5.70 Å². The molecule has 5 nitrogen and oxygen atoms in total. The van der Waals surface area contributed by atoms with Gasteiger partial charge in [0.25, 0.3) is 0 Å². The minimum Gasteiger partial charge on any atom is -1.00 e. The highest BCUT2D eigenvalue weighted by atomic mass is 35.5. The molecule has 1 fully saturated rings. The van der Waals surface area contributed by atoms with Gasteiger partial charge >= 0.3 is 5.70 Å². The van der Waals surface area contributed by atoms with Crippen molar-refractivity contribution < 1.29 is 17.2 Å². The van der Waals surface area contributed by atoms with Crippen LogP contribution in [0.5, 0.6) is 0 Å². The van der Waals surface area contributed by atoms with E-state index in [4.69, 9.17) is 5.39 Å². The van der Waals surface area contributed by atoms with Crippen LogP contribution in [0.3, 0.4) is 0 Å². The van der Waals surface area contributed by atoms with E-state index in [0.717, 1.165) is 10.6 Å². The maximum absolute atomic E-state index is 11.2. The monoisotopic (exact) mass is 272 g/mol. The van der Waals surface area contributed by atoms with Crippen molar-refractivity contribution >= 4 is 17.7 Å². The van der Waals surface area contributed by atoms with Crippen molar-refractivity contribution in [2.45, 2.75) is 12.5 Å². The number of rotatable bonds is 1. The fraction of sp³-hybridized carbons (Fsp3) is 0.500.